The summed E-state index contributed by atoms with van der Waals surface area (Å²) < 4.78 is 0. The van der Waals surface area contributed by atoms with E-state index in [0.717, 1.165) is 4.90 Å². The van der Waals surface area contributed by atoms with E-state index >= 15 is 0 Å². The van der Waals surface area contributed by atoms with E-state index in [9.17, 15) is 14.4 Å². The lowest BCUT2D eigenvalue weighted by Crippen LogP contribution is -2.30. The molecule has 5 nitrogen and oxygen atoms in total. The van der Waals surface area contributed by atoms with Crippen molar-refractivity contribution in [3.63, 3.8) is 0 Å². The van der Waals surface area contributed by atoms with Gasteiger partial charge in [0.25, 0.3) is 11.8 Å². The van der Waals surface area contributed by atoms with Crippen LogP contribution in [0.1, 0.15) is 26.3 Å². The molecule has 4 aromatic carbocycles. The number of halogens is 3. The summed E-state index contributed by atoms with van der Waals surface area (Å²) in [6, 6.07) is 27.3. The molecule has 0 saturated carbocycles. The van der Waals surface area contributed by atoms with Crippen molar-refractivity contribution in [1.82, 2.24) is 5.32 Å². The average Bonchev–Trinajstić information content (AvgIpc) is 2.93. The van der Waals surface area contributed by atoms with Crippen LogP contribution in [0.5, 0.6) is 0 Å². The first-order chi connectivity index (χ1) is 18.8. The van der Waals surface area contributed by atoms with Gasteiger partial charge in [-0.05, 0) is 66.2 Å². The monoisotopic (exact) mass is 594 g/mol. The number of rotatable bonds is 9. The first kappa shape index (κ1) is 28.5. The van der Waals surface area contributed by atoms with E-state index < -0.39 is 11.8 Å². The number of hydrogen-bond acceptors (Lipinski definition) is 4. The van der Waals surface area contributed by atoms with E-state index in [1.54, 1.807) is 91.0 Å². The van der Waals surface area contributed by atoms with Crippen molar-refractivity contribution in [3.05, 3.63) is 135 Å². The van der Waals surface area contributed by atoms with E-state index in [4.69, 9.17) is 34.8 Å². The highest BCUT2D eigenvalue weighted by atomic mass is 35.5. The van der Waals surface area contributed by atoms with Crippen molar-refractivity contribution >= 4 is 75.9 Å². The molecule has 0 unspecified atom stereocenters. The summed E-state index contributed by atoms with van der Waals surface area (Å²) >= 11 is 19.8. The van der Waals surface area contributed by atoms with Gasteiger partial charge in [0, 0.05) is 31.8 Å². The van der Waals surface area contributed by atoms with Crippen molar-refractivity contribution in [2.45, 2.75) is 4.90 Å². The molecule has 0 radical (unpaired) electrons. The molecule has 0 fully saturated rings. The smallest absolute Gasteiger partial charge is 0.272 e. The minimum atomic E-state index is -0.556. The average molecular weight is 596 g/mol. The number of benzene rings is 4. The van der Waals surface area contributed by atoms with Crippen molar-refractivity contribution < 1.29 is 14.4 Å². The van der Waals surface area contributed by atoms with Gasteiger partial charge in [-0.2, -0.15) is 0 Å². The number of hydrogen-bond donors (Lipinski definition) is 2. The highest BCUT2D eigenvalue weighted by Crippen LogP contribution is 2.26. The Morgan fingerprint density at radius 1 is 0.769 bits per heavy atom. The zero-order valence-electron chi connectivity index (χ0n) is 20.3. The predicted molar refractivity (Wildman–Crippen MR) is 160 cm³/mol. The van der Waals surface area contributed by atoms with Crippen LogP contribution in [-0.2, 0) is 4.79 Å². The molecule has 0 saturated heterocycles. The molecule has 2 N–H and O–H groups in total. The van der Waals surface area contributed by atoms with Gasteiger partial charge in [-0.15, -0.1) is 11.8 Å². The Balaban J connectivity index is 1.52. The molecule has 0 heterocycles. The van der Waals surface area contributed by atoms with E-state index in [-0.39, 0.29) is 17.2 Å². The molecule has 0 aromatic heterocycles. The van der Waals surface area contributed by atoms with Crippen LogP contribution in [0.25, 0.3) is 6.08 Å². The fourth-order valence-electron chi connectivity index (χ4n) is 3.49. The number of Topliss-reactive ketones (excluding diaryl/α,β-unsaturated/α-hetero) is 1. The Morgan fingerprint density at radius 2 is 1.51 bits per heavy atom. The fraction of sp³-hybridized carbons (Fsp3) is 0.0333. The Morgan fingerprint density at radius 3 is 2.26 bits per heavy atom. The summed E-state index contributed by atoms with van der Waals surface area (Å²) in [5.41, 5.74) is 1.82. The molecule has 0 aliphatic heterocycles. The zero-order valence-corrected chi connectivity index (χ0v) is 23.4. The second kappa shape index (κ2) is 13.5. The van der Waals surface area contributed by atoms with Gasteiger partial charge in [0.2, 0.25) is 0 Å². The van der Waals surface area contributed by atoms with Gasteiger partial charge in [0.15, 0.2) is 5.78 Å². The van der Waals surface area contributed by atoms with Gasteiger partial charge in [0.05, 0.1) is 10.8 Å². The molecular formula is C30H21Cl3N2O3S. The highest BCUT2D eigenvalue weighted by Gasteiger charge is 2.16. The third kappa shape index (κ3) is 7.97. The van der Waals surface area contributed by atoms with Crippen LogP contribution >= 0.6 is 46.6 Å². The molecule has 9 heteroatoms. The Labute approximate surface area is 245 Å². The number of nitrogens with one attached hydrogen (secondary N) is 2. The second-order valence-corrected chi connectivity index (χ2v) is 10.5. The normalized spacial score (nSPS) is 11.1. The minimum absolute atomic E-state index is 0.0139. The first-order valence-electron chi connectivity index (χ1n) is 11.7. The van der Waals surface area contributed by atoms with E-state index in [1.807, 2.05) is 6.07 Å². The minimum Gasteiger partial charge on any atom is -0.321 e. The van der Waals surface area contributed by atoms with Gasteiger partial charge in [-0.25, -0.2) is 0 Å². The van der Waals surface area contributed by atoms with Crippen molar-refractivity contribution in [1.29, 1.82) is 0 Å². The lowest BCUT2D eigenvalue weighted by atomic mass is 10.1. The fourth-order valence-corrected chi connectivity index (χ4v) is 5.04. The third-order valence-electron chi connectivity index (χ3n) is 5.43. The number of amides is 2. The van der Waals surface area contributed by atoms with Crippen LogP contribution in [0.2, 0.25) is 15.1 Å². The molecule has 0 bridgehead atoms. The van der Waals surface area contributed by atoms with Crippen molar-refractivity contribution in [2.75, 3.05) is 11.1 Å². The molecule has 0 aliphatic rings. The molecule has 2 amide bonds. The van der Waals surface area contributed by atoms with Gasteiger partial charge in [-0.3, -0.25) is 14.4 Å². The number of thioether (sulfide) groups is 1. The molecular weight excluding hydrogens is 575 g/mol. The van der Waals surface area contributed by atoms with E-state index in [2.05, 4.69) is 10.6 Å². The lowest BCUT2D eigenvalue weighted by molar-refractivity contribution is -0.113. The molecule has 0 atom stereocenters. The lowest BCUT2D eigenvalue weighted by Gasteiger charge is -2.13. The summed E-state index contributed by atoms with van der Waals surface area (Å²) in [5, 5.41) is 6.66. The van der Waals surface area contributed by atoms with Crippen LogP contribution in [0, 0.1) is 0 Å². The third-order valence-corrected chi connectivity index (χ3v) is 7.31. The number of carbonyl (C=O) groups is 3. The van der Waals surface area contributed by atoms with Gasteiger partial charge in [-0.1, -0.05) is 77.3 Å². The molecule has 196 valence electrons. The van der Waals surface area contributed by atoms with Gasteiger partial charge >= 0.3 is 0 Å². The zero-order chi connectivity index (χ0) is 27.8. The molecule has 39 heavy (non-hydrogen) atoms. The quantitative estimate of drug-likeness (QED) is 0.117. The van der Waals surface area contributed by atoms with E-state index in [0.29, 0.717) is 37.4 Å². The molecule has 4 aromatic rings. The number of anilines is 1. The summed E-state index contributed by atoms with van der Waals surface area (Å²) in [5.74, 6) is -0.938. The summed E-state index contributed by atoms with van der Waals surface area (Å²) in [4.78, 5) is 39.5. The number of carbonyl (C=O) groups excluding carboxylic acids is 3. The van der Waals surface area contributed by atoms with Gasteiger partial charge < -0.3 is 10.6 Å². The highest BCUT2D eigenvalue weighted by molar-refractivity contribution is 8.00. The van der Waals surface area contributed by atoms with Crippen LogP contribution in [0.4, 0.5) is 5.69 Å². The molecule has 0 aliphatic carbocycles. The summed E-state index contributed by atoms with van der Waals surface area (Å²) in [6.45, 7) is 0. The molecule has 4 rings (SSSR count). The van der Waals surface area contributed by atoms with E-state index in [1.165, 1.54) is 17.8 Å². The van der Waals surface area contributed by atoms with Crippen molar-refractivity contribution in [3.8, 4) is 0 Å². The predicted octanol–water partition coefficient (Wildman–Crippen LogP) is 8.03. The Kier molecular flexibility index (Phi) is 9.85. The standard InChI is InChI=1S/C30H21Cl3N2O3S/c31-21-14-13-20(26(33)16-21)15-27(35-29(37)19-7-2-1-3-8-19)30(38)34-22-9-6-10-23(17-22)39-18-28(36)24-11-4-5-12-25(24)32/h1-17H,18H2,(H,34,38)(H,35,37)/b27-15-. The molecule has 0 spiro atoms. The maximum absolute atomic E-state index is 13.3. The Bertz CT molecular complexity index is 1560. The topological polar surface area (TPSA) is 75.3 Å². The van der Waals surface area contributed by atoms with Crippen LogP contribution < -0.4 is 10.6 Å². The van der Waals surface area contributed by atoms with Crippen LogP contribution in [0.3, 0.4) is 0 Å². The second-order valence-electron chi connectivity index (χ2n) is 8.22. The van der Waals surface area contributed by atoms with Crippen LogP contribution in [-0.4, -0.2) is 23.4 Å². The van der Waals surface area contributed by atoms with Gasteiger partial charge in [0.1, 0.15) is 5.70 Å². The SMILES string of the molecule is O=C(Nc1cccc(SCC(=O)c2ccccc2Cl)c1)/C(=C/c1ccc(Cl)cc1Cl)NC(=O)c1ccccc1. The maximum Gasteiger partial charge on any atom is 0.272 e. The number of ketones is 1. The van der Waals surface area contributed by atoms with Crippen molar-refractivity contribution in [2.24, 2.45) is 0 Å². The first-order valence-corrected chi connectivity index (χ1v) is 13.8. The largest absolute Gasteiger partial charge is 0.321 e. The van der Waals surface area contributed by atoms with Crippen LogP contribution in [0.15, 0.2) is 108 Å². The summed E-state index contributed by atoms with van der Waals surface area (Å²) in [7, 11) is 0. The maximum atomic E-state index is 13.3. The summed E-state index contributed by atoms with van der Waals surface area (Å²) in [6.07, 6.45) is 1.48. The Hall–Kier alpha value is -3.55.